The first-order valence-electron chi connectivity index (χ1n) is 6.31. The van der Waals surface area contributed by atoms with E-state index in [0.717, 1.165) is 25.9 Å². The SMILES string of the molecule is CCOc1c(Br)cc(Br)cc1CNc1ccc(F)c(Br)c1. The summed E-state index contributed by atoms with van der Waals surface area (Å²) < 4.78 is 21.2. The molecule has 6 heteroatoms. The number of rotatable bonds is 5. The third-order valence-electron chi connectivity index (χ3n) is 2.78. The van der Waals surface area contributed by atoms with Crippen LogP contribution < -0.4 is 10.1 Å². The van der Waals surface area contributed by atoms with Gasteiger partial charge in [-0.05, 0) is 69.1 Å². The van der Waals surface area contributed by atoms with Crippen molar-refractivity contribution in [2.24, 2.45) is 0 Å². The normalized spacial score (nSPS) is 10.5. The summed E-state index contributed by atoms with van der Waals surface area (Å²) in [5, 5.41) is 3.26. The van der Waals surface area contributed by atoms with Crippen LogP contribution in [0.15, 0.2) is 43.7 Å². The van der Waals surface area contributed by atoms with E-state index in [-0.39, 0.29) is 5.82 Å². The minimum Gasteiger partial charge on any atom is -0.492 e. The van der Waals surface area contributed by atoms with E-state index in [0.29, 0.717) is 17.6 Å². The molecule has 0 aromatic heterocycles. The summed E-state index contributed by atoms with van der Waals surface area (Å²) in [5.74, 6) is 0.537. The summed E-state index contributed by atoms with van der Waals surface area (Å²) in [5.41, 5.74) is 1.85. The maximum absolute atomic E-state index is 13.2. The van der Waals surface area contributed by atoms with Gasteiger partial charge in [0.05, 0.1) is 15.6 Å². The van der Waals surface area contributed by atoms with Gasteiger partial charge in [0.25, 0.3) is 0 Å². The molecule has 0 spiro atoms. The van der Waals surface area contributed by atoms with Gasteiger partial charge >= 0.3 is 0 Å². The number of benzene rings is 2. The maximum Gasteiger partial charge on any atom is 0.138 e. The molecule has 0 radical (unpaired) electrons. The molecule has 0 aliphatic rings. The Morgan fingerprint density at radius 1 is 1.10 bits per heavy atom. The van der Waals surface area contributed by atoms with E-state index in [2.05, 4.69) is 53.1 Å². The predicted molar refractivity (Wildman–Crippen MR) is 94.4 cm³/mol. The second-order valence-electron chi connectivity index (χ2n) is 4.29. The third-order valence-corrected chi connectivity index (χ3v) is 4.43. The second kappa shape index (κ2) is 7.61. The highest BCUT2D eigenvalue weighted by Crippen LogP contribution is 2.33. The average molecular weight is 482 g/mol. The van der Waals surface area contributed by atoms with Crippen LogP contribution in [0.1, 0.15) is 12.5 Å². The highest BCUT2D eigenvalue weighted by Gasteiger charge is 2.10. The molecule has 21 heavy (non-hydrogen) atoms. The van der Waals surface area contributed by atoms with E-state index in [1.165, 1.54) is 6.07 Å². The number of nitrogens with one attached hydrogen (secondary N) is 1. The first-order valence-corrected chi connectivity index (χ1v) is 8.68. The molecule has 112 valence electrons. The van der Waals surface area contributed by atoms with Gasteiger partial charge in [0.1, 0.15) is 11.6 Å². The Morgan fingerprint density at radius 2 is 1.86 bits per heavy atom. The highest BCUT2D eigenvalue weighted by molar-refractivity contribution is 9.11. The predicted octanol–water partition coefficient (Wildman–Crippen LogP) is 6.12. The lowest BCUT2D eigenvalue weighted by Crippen LogP contribution is -2.04. The van der Waals surface area contributed by atoms with E-state index in [9.17, 15) is 4.39 Å². The molecule has 0 amide bonds. The van der Waals surface area contributed by atoms with Gasteiger partial charge < -0.3 is 10.1 Å². The molecule has 0 bridgehead atoms. The van der Waals surface area contributed by atoms with Gasteiger partial charge in [-0.15, -0.1) is 0 Å². The molecule has 2 nitrogen and oxygen atoms in total. The summed E-state index contributed by atoms with van der Waals surface area (Å²) in [6, 6.07) is 8.78. The van der Waals surface area contributed by atoms with Crippen LogP contribution in [0.5, 0.6) is 5.75 Å². The van der Waals surface area contributed by atoms with Gasteiger partial charge in [0.2, 0.25) is 0 Å². The van der Waals surface area contributed by atoms with Crippen molar-refractivity contribution in [1.82, 2.24) is 0 Å². The van der Waals surface area contributed by atoms with Gasteiger partial charge in [-0.2, -0.15) is 0 Å². The van der Waals surface area contributed by atoms with Crippen LogP contribution in [0.2, 0.25) is 0 Å². The van der Waals surface area contributed by atoms with E-state index >= 15 is 0 Å². The van der Waals surface area contributed by atoms with Gasteiger partial charge in [0, 0.05) is 22.3 Å². The van der Waals surface area contributed by atoms with Gasteiger partial charge in [-0.1, -0.05) is 15.9 Å². The van der Waals surface area contributed by atoms with E-state index < -0.39 is 0 Å². The second-order valence-corrected chi connectivity index (χ2v) is 6.92. The van der Waals surface area contributed by atoms with Crippen LogP contribution >= 0.6 is 47.8 Å². The quantitative estimate of drug-likeness (QED) is 0.555. The Labute approximate surface area is 148 Å². The fraction of sp³-hybridized carbons (Fsp3) is 0.200. The lowest BCUT2D eigenvalue weighted by atomic mass is 10.2. The van der Waals surface area contributed by atoms with Crippen LogP contribution in [0.3, 0.4) is 0 Å². The molecular formula is C15H13Br3FNO. The van der Waals surface area contributed by atoms with Crippen molar-refractivity contribution in [3.8, 4) is 5.75 Å². The Morgan fingerprint density at radius 3 is 2.52 bits per heavy atom. The van der Waals surface area contributed by atoms with Crippen LogP contribution in [0, 0.1) is 5.82 Å². The number of hydrogen-bond acceptors (Lipinski definition) is 2. The molecule has 0 atom stereocenters. The Bertz CT molecular complexity index is 649. The molecule has 0 heterocycles. The van der Waals surface area contributed by atoms with E-state index in [4.69, 9.17) is 4.74 Å². The topological polar surface area (TPSA) is 21.3 Å². The Kier molecular flexibility index (Phi) is 6.08. The minimum absolute atomic E-state index is 0.277. The highest BCUT2D eigenvalue weighted by atomic mass is 79.9. The van der Waals surface area contributed by atoms with Crippen molar-refractivity contribution < 1.29 is 9.13 Å². The van der Waals surface area contributed by atoms with Crippen LogP contribution in [0.25, 0.3) is 0 Å². The summed E-state index contributed by atoms with van der Waals surface area (Å²) >= 11 is 10.2. The molecular weight excluding hydrogens is 469 g/mol. The molecule has 0 aliphatic heterocycles. The number of halogens is 4. The molecule has 0 saturated carbocycles. The van der Waals surface area contributed by atoms with Crippen molar-refractivity contribution in [3.05, 3.63) is 55.1 Å². The molecule has 2 aromatic rings. The first-order chi connectivity index (χ1) is 10.0. The molecule has 0 aliphatic carbocycles. The van der Waals surface area contributed by atoms with Crippen molar-refractivity contribution >= 4 is 53.5 Å². The summed E-state index contributed by atoms with van der Waals surface area (Å²) in [7, 11) is 0. The maximum atomic E-state index is 13.2. The zero-order chi connectivity index (χ0) is 15.4. The monoisotopic (exact) mass is 479 g/mol. The lowest BCUT2D eigenvalue weighted by molar-refractivity contribution is 0.334. The van der Waals surface area contributed by atoms with Gasteiger partial charge in [-0.3, -0.25) is 0 Å². The fourth-order valence-electron chi connectivity index (χ4n) is 1.85. The Hall–Kier alpha value is -0.590. The molecule has 2 aromatic carbocycles. The summed E-state index contributed by atoms with van der Waals surface area (Å²) in [4.78, 5) is 0. The summed E-state index contributed by atoms with van der Waals surface area (Å²) in [6.45, 7) is 3.11. The fourth-order valence-corrected chi connectivity index (χ4v) is 3.66. The summed E-state index contributed by atoms with van der Waals surface area (Å²) in [6.07, 6.45) is 0. The smallest absolute Gasteiger partial charge is 0.138 e. The Balaban J connectivity index is 2.20. The van der Waals surface area contributed by atoms with Crippen LogP contribution in [-0.4, -0.2) is 6.61 Å². The zero-order valence-corrected chi connectivity index (χ0v) is 16.0. The van der Waals surface area contributed by atoms with E-state index in [1.54, 1.807) is 12.1 Å². The van der Waals surface area contributed by atoms with Crippen molar-refractivity contribution in [2.45, 2.75) is 13.5 Å². The average Bonchev–Trinajstić information content (AvgIpc) is 2.43. The van der Waals surface area contributed by atoms with Gasteiger partial charge in [-0.25, -0.2) is 4.39 Å². The minimum atomic E-state index is -0.277. The van der Waals surface area contributed by atoms with Crippen molar-refractivity contribution in [3.63, 3.8) is 0 Å². The van der Waals surface area contributed by atoms with Crippen molar-refractivity contribution in [2.75, 3.05) is 11.9 Å². The zero-order valence-electron chi connectivity index (χ0n) is 11.2. The molecule has 0 fully saturated rings. The number of ether oxygens (including phenoxy) is 1. The molecule has 0 saturated heterocycles. The van der Waals surface area contributed by atoms with Crippen molar-refractivity contribution in [1.29, 1.82) is 0 Å². The standard InChI is InChI=1S/C15H13Br3FNO/c1-2-21-15-9(5-10(16)6-13(15)18)8-20-11-3-4-14(19)12(17)7-11/h3-7,20H,2,8H2,1H3. The lowest BCUT2D eigenvalue weighted by Gasteiger charge is -2.14. The van der Waals surface area contributed by atoms with Crippen LogP contribution in [-0.2, 0) is 6.54 Å². The molecule has 2 rings (SSSR count). The third kappa shape index (κ3) is 4.44. The molecule has 0 unspecified atom stereocenters. The van der Waals surface area contributed by atoms with Crippen LogP contribution in [0.4, 0.5) is 10.1 Å². The number of anilines is 1. The van der Waals surface area contributed by atoms with Gasteiger partial charge in [0.15, 0.2) is 0 Å². The first kappa shape index (κ1) is 16.8. The molecule has 1 N–H and O–H groups in total. The van der Waals surface area contributed by atoms with E-state index in [1.807, 2.05) is 19.1 Å². The largest absolute Gasteiger partial charge is 0.492 e. The number of hydrogen-bond donors (Lipinski definition) is 1.